The first-order valence-electron chi connectivity index (χ1n) is 7.45. The van der Waals surface area contributed by atoms with Crippen molar-refractivity contribution < 1.29 is 9.47 Å². The number of nitrogens with zero attached hydrogens (tertiary/aromatic N) is 2. The third-order valence-electron chi connectivity index (χ3n) is 3.85. The lowest BCUT2D eigenvalue weighted by atomic mass is 9.95. The molecule has 0 saturated heterocycles. The van der Waals surface area contributed by atoms with Gasteiger partial charge < -0.3 is 9.47 Å². The maximum Gasteiger partial charge on any atom is 0.231 e. The van der Waals surface area contributed by atoms with E-state index in [0.29, 0.717) is 6.79 Å². The second-order valence-electron chi connectivity index (χ2n) is 5.36. The number of allylic oxidation sites excluding steroid dienone is 1. The topological polar surface area (TPSA) is 43.7 Å². The number of rotatable bonds is 2. The maximum absolute atomic E-state index is 5.45. The summed E-state index contributed by atoms with van der Waals surface area (Å²) in [5.74, 6) is 1.62. The summed E-state index contributed by atoms with van der Waals surface area (Å²) in [4.78, 5) is 8.91. The van der Waals surface area contributed by atoms with E-state index in [2.05, 4.69) is 23.2 Å². The fourth-order valence-electron chi connectivity index (χ4n) is 2.80. The maximum atomic E-state index is 5.45. The third-order valence-corrected chi connectivity index (χ3v) is 3.85. The van der Waals surface area contributed by atoms with Crippen LogP contribution in [0, 0.1) is 0 Å². The van der Waals surface area contributed by atoms with Crippen LogP contribution in [0.4, 0.5) is 0 Å². The van der Waals surface area contributed by atoms with E-state index in [1.165, 1.54) is 5.57 Å². The summed E-state index contributed by atoms with van der Waals surface area (Å²) in [6.07, 6.45) is 7.96. The third kappa shape index (κ3) is 2.48. The second kappa shape index (κ2) is 5.64. The normalized spacial score (nSPS) is 18.4. The zero-order valence-electron chi connectivity index (χ0n) is 12.2. The highest BCUT2D eigenvalue weighted by Gasteiger charge is 2.16. The number of hydrogen-bond donors (Lipinski definition) is 0. The Kier molecular flexibility index (Phi) is 3.35. The van der Waals surface area contributed by atoms with Crippen molar-refractivity contribution in [3.63, 3.8) is 0 Å². The summed E-state index contributed by atoms with van der Waals surface area (Å²) in [6, 6.07) is 10.0. The summed E-state index contributed by atoms with van der Waals surface area (Å²) >= 11 is 0. The summed E-state index contributed by atoms with van der Waals surface area (Å²) in [5, 5.41) is 0. The van der Waals surface area contributed by atoms with Crippen LogP contribution in [0.3, 0.4) is 0 Å². The zero-order chi connectivity index (χ0) is 14.8. The number of aromatic nitrogens is 1. The van der Waals surface area contributed by atoms with Crippen LogP contribution >= 0.6 is 0 Å². The number of hydrogen-bond acceptors (Lipinski definition) is 4. The van der Waals surface area contributed by atoms with Gasteiger partial charge >= 0.3 is 0 Å². The quantitative estimate of drug-likeness (QED) is 0.851. The molecule has 4 rings (SSSR count). The summed E-state index contributed by atoms with van der Waals surface area (Å²) in [6.45, 7) is 1.18. The van der Waals surface area contributed by atoms with Crippen LogP contribution in [0.1, 0.15) is 24.0 Å². The van der Waals surface area contributed by atoms with E-state index >= 15 is 0 Å². The van der Waals surface area contributed by atoms with Gasteiger partial charge in [0.05, 0.1) is 5.71 Å². The van der Waals surface area contributed by atoms with Gasteiger partial charge in [-0.3, -0.25) is 9.98 Å². The Balaban J connectivity index is 1.70. The molecule has 2 aromatic rings. The molecule has 4 nitrogen and oxygen atoms in total. The molecule has 2 aliphatic heterocycles. The number of pyridine rings is 1. The van der Waals surface area contributed by atoms with E-state index in [1.807, 2.05) is 24.4 Å². The smallest absolute Gasteiger partial charge is 0.231 e. The molecular weight excluding hydrogens is 276 g/mol. The average molecular weight is 292 g/mol. The molecule has 0 aliphatic carbocycles. The van der Waals surface area contributed by atoms with Gasteiger partial charge in [-0.2, -0.15) is 0 Å². The van der Waals surface area contributed by atoms with Crippen LogP contribution in [0.5, 0.6) is 11.5 Å². The Hall–Kier alpha value is -2.62. The van der Waals surface area contributed by atoms with Crippen molar-refractivity contribution in [1.82, 2.24) is 4.98 Å². The van der Waals surface area contributed by atoms with Crippen LogP contribution in [0.2, 0.25) is 0 Å². The van der Waals surface area contributed by atoms with E-state index in [4.69, 9.17) is 14.5 Å². The first kappa shape index (κ1) is 13.1. The van der Waals surface area contributed by atoms with Gasteiger partial charge in [-0.1, -0.05) is 6.07 Å². The fourth-order valence-corrected chi connectivity index (χ4v) is 2.80. The van der Waals surface area contributed by atoms with Crippen LogP contribution < -0.4 is 9.47 Å². The van der Waals surface area contributed by atoms with Crippen molar-refractivity contribution in [2.75, 3.05) is 13.3 Å². The second-order valence-corrected chi connectivity index (χ2v) is 5.36. The summed E-state index contributed by atoms with van der Waals surface area (Å²) in [7, 11) is 0. The Labute approximate surface area is 129 Å². The van der Waals surface area contributed by atoms with E-state index in [9.17, 15) is 0 Å². The monoisotopic (exact) mass is 292 g/mol. The van der Waals surface area contributed by atoms with Crippen molar-refractivity contribution in [2.24, 2.45) is 4.99 Å². The molecule has 22 heavy (non-hydrogen) atoms. The molecule has 1 aromatic heterocycles. The van der Waals surface area contributed by atoms with Gasteiger partial charge in [0.15, 0.2) is 11.5 Å². The molecule has 0 atom stereocenters. The highest BCUT2D eigenvalue weighted by molar-refractivity contribution is 6.15. The minimum atomic E-state index is 0.303. The molecule has 0 fully saturated rings. The Morgan fingerprint density at radius 1 is 1.09 bits per heavy atom. The van der Waals surface area contributed by atoms with Crippen molar-refractivity contribution >= 4 is 11.8 Å². The van der Waals surface area contributed by atoms with Gasteiger partial charge in [0, 0.05) is 24.5 Å². The predicted octanol–water partition coefficient (Wildman–Crippen LogP) is 3.48. The lowest BCUT2D eigenvalue weighted by molar-refractivity contribution is 0.174. The molecule has 0 radical (unpaired) electrons. The molecule has 110 valence electrons. The van der Waals surface area contributed by atoms with Gasteiger partial charge in [-0.15, -0.1) is 0 Å². The largest absolute Gasteiger partial charge is 0.454 e. The molecular formula is C18H16N2O2. The van der Waals surface area contributed by atoms with Crippen molar-refractivity contribution in [3.8, 4) is 11.5 Å². The highest BCUT2D eigenvalue weighted by atomic mass is 16.7. The minimum absolute atomic E-state index is 0.303. The molecule has 1 aromatic carbocycles. The summed E-state index contributed by atoms with van der Waals surface area (Å²) < 4.78 is 10.8. The molecule has 0 N–H and O–H groups in total. The number of aliphatic imine (C=N–C) groups is 1. The Morgan fingerprint density at radius 2 is 2.05 bits per heavy atom. The molecule has 0 bridgehead atoms. The SMILES string of the molecule is C(=C1CCCN=C1c1cccnc1)c1ccc2c(c1)OCO2. The average Bonchev–Trinajstić information content (AvgIpc) is 3.04. The van der Waals surface area contributed by atoms with Gasteiger partial charge in [0.25, 0.3) is 0 Å². The number of fused-ring (bicyclic) bond motifs is 1. The Morgan fingerprint density at radius 3 is 2.95 bits per heavy atom. The van der Waals surface area contributed by atoms with Crippen LogP contribution in [0.25, 0.3) is 6.08 Å². The first-order chi connectivity index (χ1) is 10.9. The summed E-state index contributed by atoms with van der Waals surface area (Å²) in [5.41, 5.74) is 4.49. The van der Waals surface area contributed by atoms with E-state index < -0.39 is 0 Å². The van der Waals surface area contributed by atoms with Gasteiger partial charge in [0.2, 0.25) is 6.79 Å². The van der Waals surface area contributed by atoms with Crippen molar-refractivity contribution in [1.29, 1.82) is 0 Å². The van der Waals surface area contributed by atoms with Crippen molar-refractivity contribution in [3.05, 3.63) is 59.4 Å². The molecule has 0 spiro atoms. The lowest BCUT2D eigenvalue weighted by Gasteiger charge is -2.16. The molecule has 2 aliphatic rings. The van der Waals surface area contributed by atoms with Gasteiger partial charge in [0.1, 0.15) is 0 Å². The minimum Gasteiger partial charge on any atom is -0.454 e. The van der Waals surface area contributed by atoms with Crippen LogP contribution in [0.15, 0.2) is 53.3 Å². The number of benzene rings is 1. The van der Waals surface area contributed by atoms with Crippen LogP contribution in [-0.4, -0.2) is 24.0 Å². The first-order valence-corrected chi connectivity index (χ1v) is 7.45. The van der Waals surface area contributed by atoms with Crippen LogP contribution in [-0.2, 0) is 0 Å². The fraction of sp³-hybridized carbons (Fsp3) is 0.222. The molecule has 3 heterocycles. The molecule has 0 amide bonds. The molecule has 4 heteroatoms. The molecule has 0 unspecified atom stereocenters. The Bertz CT molecular complexity index is 751. The van der Waals surface area contributed by atoms with Crippen molar-refractivity contribution in [2.45, 2.75) is 12.8 Å². The zero-order valence-corrected chi connectivity index (χ0v) is 12.2. The lowest BCUT2D eigenvalue weighted by Crippen LogP contribution is -2.11. The van der Waals surface area contributed by atoms with Gasteiger partial charge in [-0.25, -0.2) is 0 Å². The molecule has 0 saturated carbocycles. The predicted molar refractivity (Wildman–Crippen MR) is 85.4 cm³/mol. The highest BCUT2D eigenvalue weighted by Crippen LogP contribution is 2.33. The van der Waals surface area contributed by atoms with E-state index in [0.717, 1.165) is 47.7 Å². The number of ether oxygens (including phenoxy) is 2. The van der Waals surface area contributed by atoms with E-state index in [1.54, 1.807) is 6.20 Å². The van der Waals surface area contributed by atoms with Gasteiger partial charge in [-0.05, 0) is 54.3 Å². The standard InChI is InChI=1S/C18H16N2O2/c1-4-15(11-19-7-1)18-14(3-2-8-20-18)9-13-5-6-16-17(10-13)22-12-21-16/h1,4-7,9-11H,2-3,8,12H2. The van der Waals surface area contributed by atoms with E-state index in [-0.39, 0.29) is 0 Å².